The quantitative estimate of drug-likeness (QED) is 0.846. The molecule has 1 aliphatic heterocycles. The van der Waals surface area contributed by atoms with Gasteiger partial charge in [-0.2, -0.15) is 0 Å². The average molecular weight is 287 g/mol. The number of nitrogens with zero attached hydrogens (tertiary/aromatic N) is 1. The van der Waals surface area contributed by atoms with E-state index < -0.39 is 0 Å². The van der Waals surface area contributed by atoms with Crippen molar-refractivity contribution in [2.75, 3.05) is 19.6 Å². The summed E-state index contributed by atoms with van der Waals surface area (Å²) in [4.78, 5) is 14.6. The summed E-state index contributed by atoms with van der Waals surface area (Å²) in [6.07, 6.45) is 4.11. The molecule has 1 saturated carbocycles. The van der Waals surface area contributed by atoms with Crippen molar-refractivity contribution in [3.05, 3.63) is 35.4 Å². The Morgan fingerprint density at radius 3 is 2.67 bits per heavy atom. The van der Waals surface area contributed by atoms with Crippen LogP contribution in [0.5, 0.6) is 0 Å². The molecule has 3 heteroatoms. The number of likely N-dealkylation sites (tertiary alicyclic amines) is 1. The second kappa shape index (κ2) is 6.29. The molecule has 1 aliphatic carbocycles. The number of aliphatic hydroxyl groups is 1. The smallest absolute Gasteiger partial charge is 0.176 e. The topological polar surface area (TPSA) is 40.5 Å². The number of fused-ring (bicyclic) bond motifs is 1. The molecular weight excluding hydrogens is 262 g/mol. The lowest BCUT2D eigenvalue weighted by atomic mass is 10.00. The normalized spacial score (nSPS) is 28.8. The van der Waals surface area contributed by atoms with Crippen molar-refractivity contribution < 1.29 is 9.90 Å². The van der Waals surface area contributed by atoms with Gasteiger partial charge < -0.3 is 5.11 Å². The van der Waals surface area contributed by atoms with E-state index in [1.165, 1.54) is 5.56 Å². The van der Waals surface area contributed by atoms with Crippen molar-refractivity contribution in [3.8, 4) is 0 Å². The largest absolute Gasteiger partial charge is 0.393 e. The molecule has 1 heterocycles. The Kier molecular flexibility index (Phi) is 4.41. The van der Waals surface area contributed by atoms with Gasteiger partial charge in [0.25, 0.3) is 0 Å². The summed E-state index contributed by atoms with van der Waals surface area (Å²) in [5, 5.41) is 9.94. The molecule has 3 unspecified atom stereocenters. The van der Waals surface area contributed by atoms with E-state index in [0.29, 0.717) is 18.4 Å². The van der Waals surface area contributed by atoms with Crippen LogP contribution in [0.25, 0.3) is 0 Å². The van der Waals surface area contributed by atoms with Crippen LogP contribution in [0.3, 0.4) is 0 Å². The third-order valence-corrected chi connectivity index (χ3v) is 5.08. The zero-order valence-electron chi connectivity index (χ0n) is 12.8. The summed E-state index contributed by atoms with van der Waals surface area (Å²) in [6.45, 7) is 4.51. The van der Waals surface area contributed by atoms with Crippen LogP contribution in [-0.4, -0.2) is 41.5 Å². The van der Waals surface area contributed by atoms with E-state index in [2.05, 4.69) is 24.0 Å². The zero-order chi connectivity index (χ0) is 14.8. The molecule has 0 radical (unpaired) electrons. The summed E-state index contributed by atoms with van der Waals surface area (Å²) in [7, 11) is 0. The molecule has 1 aromatic rings. The zero-order valence-corrected chi connectivity index (χ0v) is 12.8. The van der Waals surface area contributed by atoms with Gasteiger partial charge in [-0.1, -0.05) is 37.6 Å². The van der Waals surface area contributed by atoms with Gasteiger partial charge in [-0.3, -0.25) is 9.69 Å². The first-order valence-electron chi connectivity index (χ1n) is 8.20. The number of ketones is 1. The molecule has 1 saturated heterocycles. The Morgan fingerprint density at radius 2 is 2.00 bits per heavy atom. The molecule has 0 aromatic heterocycles. The summed E-state index contributed by atoms with van der Waals surface area (Å²) >= 11 is 0. The molecule has 0 amide bonds. The highest BCUT2D eigenvalue weighted by atomic mass is 16.3. The monoisotopic (exact) mass is 287 g/mol. The molecule has 2 aliphatic rings. The number of benzene rings is 1. The summed E-state index contributed by atoms with van der Waals surface area (Å²) in [6, 6.07) is 8.05. The van der Waals surface area contributed by atoms with Crippen LogP contribution < -0.4 is 0 Å². The Balaban J connectivity index is 1.57. The first-order chi connectivity index (χ1) is 10.2. The minimum absolute atomic E-state index is 0.150. The number of hydrogen-bond donors (Lipinski definition) is 1. The van der Waals surface area contributed by atoms with Crippen molar-refractivity contribution in [3.63, 3.8) is 0 Å². The highest BCUT2D eigenvalue weighted by Gasteiger charge is 2.41. The van der Waals surface area contributed by atoms with Crippen LogP contribution in [-0.2, 0) is 6.42 Å². The van der Waals surface area contributed by atoms with E-state index >= 15 is 0 Å². The van der Waals surface area contributed by atoms with Crippen LogP contribution in [0.1, 0.15) is 42.1 Å². The third-order valence-electron chi connectivity index (χ3n) is 5.08. The van der Waals surface area contributed by atoms with E-state index in [9.17, 15) is 9.90 Å². The van der Waals surface area contributed by atoms with Crippen molar-refractivity contribution in [2.45, 2.75) is 38.7 Å². The van der Waals surface area contributed by atoms with Gasteiger partial charge >= 0.3 is 0 Å². The fraction of sp³-hybridized carbons (Fsp3) is 0.611. The Morgan fingerprint density at radius 1 is 1.24 bits per heavy atom. The van der Waals surface area contributed by atoms with Gasteiger partial charge in [-0.05, 0) is 30.7 Å². The maximum Gasteiger partial charge on any atom is 0.176 e. The molecule has 21 heavy (non-hydrogen) atoms. The SMILES string of the molecule is CCCc1ccc(C(=O)CN2CC3CCC(O)C3C2)cc1. The lowest BCUT2D eigenvalue weighted by molar-refractivity contribution is 0.0920. The van der Waals surface area contributed by atoms with E-state index in [4.69, 9.17) is 0 Å². The van der Waals surface area contributed by atoms with Crippen molar-refractivity contribution in [2.24, 2.45) is 11.8 Å². The molecule has 1 aromatic carbocycles. The van der Waals surface area contributed by atoms with E-state index in [-0.39, 0.29) is 11.9 Å². The standard InChI is InChI=1S/C18H25NO2/c1-2-3-13-4-6-14(7-5-13)18(21)12-19-10-15-8-9-17(20)16(15)11-19/h4-7,15-17,20H,2-3,8-12H2,1H3. The lowest BCUT2D eigenvalue weighted by Crippen LogP contribution is -2.30. The molecule has 3 nitrogen and oxygen atoms in total. The molecule has 0 bridgehead atoms. The molecule has 1 N–H and O–H groups in total. The van der Waals surface area contributed by atoms with Crippen LogP contribution in [0.4, 0.5) is 0 Å². The molecular formula is C18H25NO2. The van der Waals surface area contributed by atoms with Crippen LogP contribution >= 0.6 is 0 Å². The van der Waals surface area contributed by atoms with Gasteiger partial charge in [-0.15, -0.1) is 0 Å². The first kappa shape index (κ1) is 14.7. The first-order valence-corrected chi connectivity index (χ1v) is 8.20. The van der Waals surface area contributed by atoms with Crippen molar-refractivity contribution in [1.29, 1.82) is 0 Å². The van der Waals surface area contributed by atoms with E-state index in [0.717, 1.165) is 44.3 Å². The minimum Gasteiger partial charge on any atom is -0.393 e. The number of carbonyl (C=O) groups is 1. The Labute approximate surface area is 127 Å². The van der Waals surface area contributed by atoms with Crippen molar-refractivity contribution >= 4 is 5.78 Å². The van der Waals surface area contributed by atoms with Gasteiger partial charge in [0, 0.05) is 24.6 Å². The van der Waals surface area contributed by atoms with E-state index in [1.54, 1.807) is 0 Å². The second-order valence-corrected chi connectivity index (χ2v) is 6.63. The van der Waals surface area contributed by atoms with Gasteiger partial charge in [0.2, 0.25) is 0 Å². The lowest BCUT2D eigenvalue weighted by Gasteiger charge is -2.17. The minimum atomic E-state index is -0.150. The number of aryl methyl sites for hydroxylation is 1. The predicted molar refractivity (Wildman–Crippen MR) is 83.4 cm³/mol. The number of Topliss-reactive ketones (excluding diaryl/α,β-unsaturated/α-hetero) is 1. The maximum absolute atomic E-state index is 12.4. The van der Waals surface area contributed by atoms with E-state index in [1.807, 2.05) is 12.1 Å². The highest BCUT2D eigenvalue weighted by Crippen LogP contribution is 2.37. The summed E-state index contributed by atoms with van der Waals surface area (Å²) in [5.74, 6) is 1.19. The second-order valence-electron chi connectivity index (χ2n) is 6.63. The Hall–Kier alpha value is -1.19. The summed E-state index contributed by atoms with van der Waals surface area (Å²) < 4.78 is 0. The molecule has 0 spiro atoms. The third kappa shape index (κ3) is 3.19. The fourth-order valence-corrected chi connectivity index (χ4v) is 3.90. The molecule has 3 rings (SSSR count). The maximum atomic E-state index is 12.4. The predicted octanol–water partition coefficient (Wildman–Crippen LogP) is 2.52. The molecule has 3 atom stereocenters. The van der Waals surface area contributed by atoms with Crippen LogP contribution in [0, 0.1) is 11.8 Å². The highest BCUT2D eigenvalue weighted by molar-refractivity contribution is 5.97. The van der Waals surface area contributed by atoms with Crippen LogP contribution in [0.15, 0.2) is 24.3 Å². The Bertz CT molecular complexity index is 496. The average Bonchev–Trinajstić information content (AvgIpc) is 3.02. The number of carbonyl (C=O) groups excluding carboxylic acids is 1. The van der Waals surface area contributed by atoms with Gasteiger partial charge in [0.05, 0.1) is 12.6 Å². The molecule has 114 valence electrons. The van der Waals surface area contributed by atoms with Gasteiger partial charge in [0.15, 0.2) is 5.78 Å². The van der Waals surface area contributed by atoms with Crippen LogP contribution in [0.2, 0.25) is 0 Å². The fourth-order valence-electron chi connectivity index (χ4n) is 3.90. The van der Waals surface area contributed by atoms with Crippen molar-refractivity contribution in [1.82, 2.24) is 4.90 Å². The molecule has 2 fully saturated rings. The number of rotatable bonds is 5. The summed E-state index contributed by atoms with van der Waals surface area (Å²) in [5.41, 5.74) is 2.11. The number of aliphatic hydroxyl groups excluding tert-OH is 1. The van der Waals surface area contributed by atoms with Gasteiger partial charge in [0.1, 0.15) is 0 Å². The number of hydrogen-bond acceptors (Lipinski definition) is 3. The van der Waals surface area contributed by atoms with Gasteiger partial charge in [-0.25, -0.2) is 0 Å².